The summed E-state index contributed by atoms with van der Waals surface area (Å²) in [5.41, 5.74) is 0. The van der Waals surface area contributed by atoms with Gasteiger partial charge in [0.25, 0.3) is 0 Å². The van der Waals surface area contributed by atoms with Gasteiger partial charge in [0.1, 0.15) is 5.78 Å². The predicted molar refractivity (Wildman–Crippen MR) is 98.6 cm³/mol. The van der Waals surface area contributed by atoms with Crippen molar-refractivity contribution in [2.75, 3.05) is 32.8 Å². The summed E-state index contributed by atoms with van der Waals surface area (Å²) in [4.78, 5) is 15.3. The summed E-state index contributed by atoms with van der Waals surface area (Å²) in [5.74, 6) is 1.24. The molecule has 2 aliphatic heterocycles. The van der Waals surface area contributed by atoms with Crippen LogP contribution in [0.4, 0.5) is 0 Å². The lowest BCUT2D eigenvalue weighted by Gasteiger charge is -2.29. The second-order valence-corrected chi connectivity index (χ2v) is 7.82. The third-order valence-corrected chi connectivity index (χ3v) is 5.77. The average Bonchev–Trinajstić information content (AvgIpc) is 2.54. The fourth-order valence-electron chi connectivity index (χ4n) is 3.00. The Hall–Kier alpha value is -0.840. The van der Waals surface area contributed by atoms with Gasteiger partial charge in [-0.05, 0) is 31.6 Å². The van der Waals surface area contributed by atoms with Crippen LogP contribution in [0.3, 0.4) is 0 Å². The number of hydrogen-bond donors (Lipinski definition) is 0. The highest BCUT2D eigenvalue weighted by Gasteiger charge is 2.23. The van der Waals surface area contributed by atoms with Crippen LogP contribution in [0.15, 0.2) is 35.8 Å². The van der Waals surface area contributed by atoms with E-state index in [0.29, 0.717) is 11.8 Å². The van der Waals surface area contributed by atoms with Crippen LogP contribution in [0, 0.1) is 11.8 Å². The minimum absolute atomic E-state index is 0.123. The summed E-state index contributed by atoms with van der Waals surface area (Å²) in [7, 11) is 0. The van der Waals surface area contributed by atoms with Crippen LogP contribution in [-0.2, 0) is 9.53 Å². The van der Waals surface area contributed by atoms with Crippen LogP contribution < -0.4 is 0 Å². The molecule has 0 bridgehead atoms. The molecule has 0 radical (unpaired) electrons. The van der Waals surface area contributed by atoms with Crippen molar-refractivity contribution in [1.29, 1.82) is 0 Å². The lowest BCUT2D eigenvalue weighted by Crippen LogP contribution is -2.38. The number of morpholine rings is 1. The summed E-state index contributed by atoms with van der Waals surface area (Å²) < 4.78 is 5.40. The van der Waals surface area contributed by atoms with E-state index in [0.717, 1.165) is 45.7 Å². The molecule has 2 heterocycles. The zero-order valence-electron chi connectivity index (χ0n) is 14.4. The number of carbonyl (C=O) groups is 1. The number of allylic oxidation sites excluding steroid dienone is 3. The molecule has 0 aromatic rings. The monoisotopic (exact) mass is 335 g/mol. The third-order valence-electron chi connectivity index (χ3n) is 4.42. The Balaban J connectivity index is 1.83. The molecule has 3 unspecified atom stereocenters. The van der Waals surface area contributed by atoms with Crippen LogP contribution in [0.25, 0.3) is 0 Å². The van der Waals surface area contributed by atoms with Crippen LogP contribution in [0.1, 0.15) is 26.7 Å². The van der Waals surface area contributed by atoms with Crippen molar-refractivity contribution < 1.29 is 9.53 Å². The van der Waals surface area contributed by atoms with E-state index in [9.17, 15) is 4.79 Å². The van der Waals surface area contributed by atoms with Gasteiger partial charge in [-0.25, -0.2) is 0 Å². The molecule has 0 aliphatic carbocycles. The number of hydrogen-bond acceptors (Lipinski definition) is 4. The van der Waals surface area contributed by atoms with Crippen molar-refractivity contribution in [2.24, 2.45) is 11.8 Å². The molecule has 0 saturated carbocycles. The molecule has 1 saturated heterocycles. The summed E-state index contributed by atoms with van der Waals surface area (Å²) in [6.45, 7) is 12.6. The summed E-state index contributed by atoms with van der Waals surface area (Å²) in [6, 6.07) is 0. The third kappa shape index (κ3) is 6.28. The number of rotatable bonds is 7. The van der Waals surface area contributed by atoms with Gasteiger partial charge < -0.3 is 4.74 Å². The molecule has 0 aromatic carbocycles. The minimum atomic E-state index is 0.123. The highest BCUT2D eigenvalue weighted by atomic mass is 32.2. The minimum Gasteiger partial charge on any atom is -0.379 e. The van der Waals surface area contributed by atoms with Gasteiger partial charge in [-0.2, -0.15) is 0 Å². The maximum atomic E-state index is 11.6. The largest absolute Gasteiger partial charge is 0.379 e. The Morgan fingerprint density at radius 3 is 2.91 bits per heavy atom. The molecule has 0 amide bonds. The maximum absolute atomic E-state index is 11.6. The normalized spacial score (nSPS) is 27.7. The van der Waals surface area contributed by atoms with E-state index in [-0.39, 0.29) is 11.0 Å². The summed E-state index contributed by atoms with van der Waals surface area (Å²) >= 11 is 1.71. The number of carbonyl (C=O) groups excluding carboxylic acids is 1. The predicted octanol–water partition coefficient (Wildman–Crippen LogP) is 3.68. The van der Waals surface area contributed by atoms with Gasteiger partial charge in [0.15, 0.2) is 0 Å². The Morgan fingerprint density at radius 2 is 2.26 bits per heavy atom. The topological polar surface area (TPSA) is 29.5 Å². The van der Waals surface area contributed by atoms with E-state index in [1.165, 1.54) is 4.91 Å². The fraction of sp³-hybridized carbons (Fsp3) is 0.632. The maximum Gasteiger partial charge on any atom is 0.143 e. The molecule has 4 heteroatoms. The van der Waals surface area contributed by atoms with Gasteiger partial charge in [0, 0.05) is 24.5 Å². The van der Waals surface area contributed by atoms with Crippen molar-refractivity contribution in [3.8, 4) is 0 Å². The molecule has 1 fully saturated rings. The van der Waals surface area contributed by atoms with Crippen molar-refractivity contribution in [2.45, 2.75) is 31.9 Å². The quantitative estimate of drug-likeness (QED) is 0.664. The molecular formula is C19H29NO2S. The second-order valence-electron chi connectivity index (χ2n) is 6.55. The van der Waals surface area contributed by atoms with Crippen LogP contribution in [-0.4, -0.2) is 48.8 Å². The smallest absolute Gasteiger partial charge is 0.143 e. The highest BCUT2D eigenvalue weighted by Crippen LogP contribution is 2.35. The molecule has 2 aliphatic rings. The lowest BCUT2D eigenvalue weighted by molar-refractivity contribution is -0.116. The fourth-order valence-corrected chi connectivity index (χ4v) is 4.38. The average molecular weight is 336 g/mol. The van der Waals surface area contributed by atoms with Crippen LogP contribution in [0.5, 0.6) is 0 Å². The van der Waals surface area contributed by atoms with Gasteiger partial charge >= 0.3 is 0 Å². The standard InChI is InChI=1S/C19H29NO2S/c1-4-17(14-20-8-10-22-11-9-20)6-5-7-18-12-15(2)13-19(23-18)16(3)21/h4-5,7,12,15,17,19H,1,6,8-11,13-14H2,2-3H3/b7-5+. The molecule has 3 nitrogen and oxygen atoms in total. The van der Waals surface area contributed by atoms with Gasteiger partial charge in [-0.1, -0.05) is 31.2 Å². The van der Waals surface area contributed by atoms with Crippen molar-refractivity contribution in [3.63, 3.8) is 0 Å². The zero-order chi connectivity index (χ0) is 16.7. The number of ketones is 1. The molecule has 0 aromatic heterocycles. The first-order valence-electron chi connectivity index (χ1n) is 8.56. The van der Waals surface area contributed by atoms with Gasteiger partial charge in [0.05, 0.1) is 18.5 Å². The molecule has 0 N–H and O–H groups in total. The Bertz CT molecular complexity index is 466. The molecule has 3 atom stereocenters. The zero-order valence-corrected chi connectivity index (χ0v) is 15.2. The van der Waals surface area contributed by atoms with Gasteiger partial charge in [0.2, 0.25) is 0 Å². The van der Waals surface area contributed by atoms with Crippen LogP contribution >= 0.6 is 11.8 Å². The van der Waals surface area contributed by atoms with E-state index >= 15 is 0 Å². The summed E-state index contributed by atoms with van der Waals surface area (Å²) in [5, 5.41) is 0.123. The lowest BCUT2D eigenvalue weighted by atomic mass is 10.0. The Kier molecular flexibility index (Phi) is 7.60. The van der Waals surface area contributed by atoms with Gasteiger partial charge in [-0.3, -0.25) is 9.69 Å². The molecular weight excluding hydrogens is 306 g/mol. The SMILES string of the molecule is C=CC(C/C=C/C1=CC(C)CC(C(C)=O)S1)CN1CCOCC1. The molecule has 128 valence electrons. The van der Waals surface area contributed by atoms with Gasteiger partial charge in [-0.15, -0.1) is 18.3 Å². The Labute approximate surface area is 144 Å². The van der Waals surface area contributed by atoms with E-state index in [1.54, 1.807) is 18.7 Å². The molecule has 2 rings (SSSR count). The number of nitrogens with zero attached hydrogens (tertiary/aromatic N) is 1. The first-order valence-corrected chi connectivity index (χ1v) is 9.44. The van der Waals surface area contributed by atoms with Crippen molar-refractivity contribution in [3.05, 3.63) is 35.8 Å². The Morgan fingerprint density at radius 1 is 1.52 bits per heavy atom. The van der Waals surface area contributed by atoms with E-state index < -0.39 is 0 Å². The number of ether oxygens (including phenoxy) is 1. The van der Waals surface area contributed by atoms with E-state index in [2.05, 4.69) is 42.7 Å². The van der Waals surface area contributed by atoms with E-state index in [4.69, 9.17) is 4.74 Å². The highest BCUT2D eigenvalue weighted by molar-refractivity contribution is 8.04. The molecule has 23 heavy (non-hydrogen) atoms. The number of Topliss-reactive ketones (excluding diaryl/α,β-unsaturated/α-hetero) is 1. The summed E-state index contributed by atoms with van der Waals surface area (Å²) in [6.07, 6.45) is 10.7. The van der Waals surface area contributed by atoms with E-state index in [1.807, 2.05) is 0 Å². The van der Waals surface area contributed by atoms with Crippen molar-refractivity contribution >= 4 is 17.5 Å². The second kappa shape index (κ2) is 9.45. The molecule has 0 spiro atoms. The first kappa shape index (κ1) is 18.5. The van der Waals surface area contributed by atoms with Crippen LogP contribution in [0.2, 0.25) is 0 Å². The number of thioether (sulfide) groups is 1. The van der Waals surface area contributed by atoms with Crippen molar-refractivity contribution in [1.82, 2.24) is 4.90 Å². The first-order chi connectivity index (χ1) is 11.1.